The van der Waals surface area contributed by atoms with Crippen LogP contribution in [-0.2, 0) is 6.42 Å². The number of carboxylic acids is 1. The number of benzene rings is 1. The minimum atomic E-state index is -0.870. The van der Waals surface area contributed by atoms with Gasteiger partial charge in [-0.3, -0.25) is 0 Å². The fourth-order valence-corrected chi connectivity index (χ4v) is 2.40. The second kappa shape index (κ2) is 5.87. The first kappa shape index (κ1) is 12.9. The lowest BCUT2D eigenvalue weighted by Gasteiger charge is -2.19. The average Bonchev–Trinajstić information content (AvgIpc) is 2.77. The number of unbranched alkanes of at least 4 members (excludes halogenated alkanes) is 2. The van der Waals surface area contributed by atoms with Crippen molar-refractivity contribution < 1.29 is 15.0 Å². The normalized spacial score (nSPS) is 13.7. The summed E-state index contributed by atoms with van der Waals surface area (Å²) in [6.07, 6.45) is 3.89. The van der Waals surface area contributed by atoms with E-state index < -0.39 is 5.97 Å². The van der Waals surface area contributed by atoms with E-state index >= 15 is 0 Å². The van der Waals surface area contributed by atoms with Crippen molar-refractivity contribution in [1.82, 2.24) is 0 Å². The predicted molar refractivity (Wildman–Crippen MR) is 70.3 cm³/mol. The Bertz CT molecular complexity index is 431. The fourth-order valence-electron chi connectivity index (χ4n) is 2.40. The van der Waals surface area contributed by atoms with E-state index in [1.165, 1.54) is 5.56 Å². The summed E-state index contributed by atoms with van der Waals surface area (Å²) in [5, 5.41) is 17.7. The molecule has 1 aromatic rings. The van der Waals surface area contributed by atoms with Gasteiger partial charge in [0.15, 0.2) is 0 Å². The van der Waals surface area contributed by atoms with Crippen molar-refractivity contribution in [3.05, 3.63) is 29.3 Å². The van der Waals surface area contributed by atoms with Crippen molar-refractivity contribution in [2.75, 3.05) is 24.6 Å². The molecule has 1 aromatic carbocycles. The third-order valence-corrected chi connectivity index (χ3v) is 3.41. The highest BCUT2D eigenvalue weighted by molar-refractivity contribution is 5.89. The minimum absolute atomic E-state index is 0.250. The zero-order valence-corrected chi connectivity index (χ0v) is 10.4. The van der Waals surface area contributed by atoms with Crippen molar-refractivity contribution in [2.45, 2.75) is 25.7 Å². The van der Waals surface area contributed by atoms with Gasteiger partial charge in [-0.05, 0) is 43.4 Å². The molecule has 18 heavy (non-hydrogen) atoms. The van der Waals surface area contributed by atoms with Crippen molar-refractivity contribution in [2.24, 2.45) is 0 Å². The Morgan fingerprint density at radius 1 is 1.28 bits per heavy atom. The lowest BCUT2D eigenvalue weighted by Crippen LogP contribution is -2.21. The van der Waals surface area contributed by atoms with E-state index in [0.29, 0.717) is 5.56 Å². The van der Waals surface area contributed by atoms with Gasteiger partial charge in [-0.1, -0.05) is 6.07 Å². The molecule has 1 aliphatic rings. The highest BCUT2D eigenvalue weighted by Crippen LogP contribution is 2.29. The van der Waals surface area contributed by atoms with Gasteiger partial charge in [0.05, 0.1) is 5.56 Å². The maximum absolute atomic E-state index is 11.0. The van der Waals surface area contributed by atoms with Crippen molar-refractivity contribution in [1.29, 1.82) is 0 Å². The number of rotatable bonds is 6. The number of carboxylic acid groups (broad SMARTS) is 1. The van der Waals surface area contributed by atoms with Gasteiger partial charge in [-0.2, -0.15) is 0 Å². The molecule has 98 valence electrons. The van der Waals surface area contributed by atoms with E-state index in [4.69, 9.17) is 10.2 Å². The molecule has 1 heterocycles. The molecular formula is C14H19NO3. The van der Waals surface area contributed by atoms with Crippen molar-refractivity contribution >= 4 is 11.7 Å². The second-order valence-corrected chi connectivity index (χ2v) is 4.67. The first-order valence-corrected chi connectivity index (χ1v) is 6.44. The molecule has 0 radical (unpaired) electrons. The Morgan fingerprint density at radius 2 is 2.11 bits per heavy atom. The third-order valence-electron chi connectivity index (χ3n) is 3.41. The molecular weight excluding hydrogens is 230 g/mol. The van der Waals surface area contributed by atoms with E-state index in [-0.39, 0.29) is 6.61 Å². The minimum Gasteiger partial charge on any atom is -0.478 e. The Labute approximate surface area is 107 Å². The molecule has 0 aliphatic carbocycles. The molecule has 2 N–H and O–H groups in total. The van der Waals surface area contributed by atoms with E-state index in [9.17, 15) is 4.79 Å². The molecule has 0 aromatic heterocycles. The second-order valence-electron chi connectivity index (χ2n) is 4.67. The number of aromatic carboxylic acids is 1. The van der Waals surface area contributed by atoms with Gasteiger partial charge in [0.1, 0.15) is 0 Å². The highest BCUT2D eigenvalue weighted by Gasteiger charge is 2.19. The summed E-state index contributed by atoms with van der Waals surface area (Å²) >= 11 is 0. The van der Waals surface area contributed by atoms with Gasteiger partial charge in [-0.25, -0.2) is 4.79 Å². The number of hydrogen-bond acceptors (Lipinski definition) is 3. The summed E-state index contributed by atoms with van der Waals surface area (Å²) in [6.45, 7) is 2.16. The van der Waals surface area contributed by atoms with Gasteiger partial charge >= 0.3 is 5.97 Å². The van der Waals surface area contributed by atoms with Crippen LogP contribution in [0.4, 0.5) is 5.69 Å². The number of carbonyl (C=O) groups is 1. The topological polar surface area (TPSA) is 60.8 Å². The van der Waals surface area contributed by atoms with Crippen LogP contribution in [0.1, 0.15) is 35.2 Å². The largest absolute Gasteiger partial charge is 0.478 e. The standard InChI is InChI=1S/C14H19NO3/c16-9-3-1-2-7-15-8-6-11-4-5-12(14(17)18)10-13(11)15/h4-5,10,16H,1-3,6-9H2,(H,17,18). The number of anilines is 1. The van der Waals surface area contributed by atoms with Gasteiger partial charge in [0.2, 0.25) is 0 Å². The van der Waals surface area contributed by atoms with Crippen molar-refractivity contribution in [3.8, 4) is 0 Å². The molecule has 2 rings (SSSR count). The molecule has 4 nitrogen and oxygen atoms in total. The number of fused-ring (bicyclic) bond motifs is 1. The Balaban J connectivity index is 2.02. The first-order chi connectivity index (χ1) is 8.72. The predicted octanol–water partition coefficient (Wildman–Crippen LogP) is 1.91. The van der Waals surface area contributed by atoms with Crippen LogP contribution in [0, 0.1) is 0 Å². The molecule has 0 fully saturated rings. The smallest absolute Gasteiger partial charge is 0.335 e. The van der Waals surface area contributed by atoms with Gasteiger partial charge in [0, 0.05) is 25.4 Å². The number of nitrogens with zero attached hydrogens (tertiary/aromatic N) is 1. The molecule has 0 amide bonds. The summed E-state index contributed by atoms with van der Waals surface area (Å²) in [5.41, 5.74) is 2.66. The molecule has 0 spiro atoms. The summed E-state index contributed by atoms with van der Waals surface area (Å²) in [4.78, 5) is 13.2. The van der Waals surface area contributed by atoms with Crippen LogP contribution >= 0.6 is 0 Å². The molecule has 0 saturated carbocycles. The molecule has 4 heteroatoms. The number of hydrogen-bond donors (Lipinski definition) is 2. The molecule has 0 atom stereocenters. The lowest BCUT2D eigenvalue weighted by atomic mass is 10.1. The fraction of sp³-hybridized carbons (Fsp3) is 0.500. The van der Waals surface area contributed by atoms with Crippen LogP contribution < -0.4 is 4.90 Å². The Kier molecular flexibility index (Phi) is 4.20. The third kappa shape index (κ3) is 2.82. The highest BCUT2D eigenvalue weighted by atomic mass is 16.4. The Hall–Kier alpha value is -1.55. The zero-order chi connectivity index (χ0) is 13.0. The van der Waals surface area contributed by atoms with Crippen LogP contribution in [0.5, 0.6) is 0 Å². The summed E-state index contributed by atoms with van der Waals surface area (Å²) in [6, 6.07) is 5.37. The quantitative estimate of drug-likeness (QED) is 0.756. The van der Waals surface area contributed by atoms with Gasteiger partial charge in [-0.15, -0.1) is 0 Å². The monoisotopic (exact) mass is 249 g/mol. The van der Waals surface area contributed by atoms with Crippen LogP contribution in [0.2, 0.25) is 0 Å². The van der Waals surface area contributed by atoms with Crippen molar-refractivity contribution in [3.63, 3.8) is 0 Å². The van der Waals surface area contributed by atoms with E-state index in [1.807, 2.05) is 6.07 Å². The van der Waals surface area contributed by atoms with Gasteiger partial charge in [0.25, 0.3) is 0 Å². The molecule has 1 aliphatic heterocycles. The zero-order valence-electron chi connectivity index (χ0n) is 10.4. The van der Waals surface area contributed by atoms with Gasteiger partial charge < -0.3 is 15.1 Å². The SMILES string of the molecule is O=C(O)c1ccc2c(c1)N(CCCCCO)CC2. The average molecular weight is 249 g/mol. The summed E-state index contributed by atoms with van der Waals surface area (Å²) in [7, 11) is 0. The van der Waals surface area contributed by atoms with Crippen LogP contribution in [-0.4, -0.2) is 35.9 Å². The lowest BCUT2D eigenvalue weighted by molar-refractivity contribution is 0.0697. The van der Waals surface area contributed by atoms with E-state index in [1.54, 1.807) is 12.1 Å². The van der Waals surface area contributed by atoms with Crippen LogP contribution in [0.15, 0.2) is 18.2 Å². The number of aliphatic hydroxyl groups is 1. The first-order valence-electron chi connectivity index (χ1n) is 6.44. The van der Waals surface area contributed by atoms with E-state index in [0.717, 1.165) is 44.5 Å². The molecule has 0 unspecified atom stereocenters. The summed E-state index contributed by atoms with van der Waals surface area (Å²) < 4.78 is 0. The molecule has 0 saturated heterocycles. The van der Waals surface area contributed by atoms with Crippen LogP contribution in [0.3, 0.4) is 0 Å². The molecule has 0 bridgehead atoms. The summed E-state index contributed by atoms with van der Waals surface area (Å²) in [5.74, 6) is -0.870. The maximum Gasteiger partial charge on any atom is 0.335 e. The van der Waals surface area contributed by atoms with Crippen LogP contribution in [0.25, 0.3) is 0 Å². The maximum atomic E-state index is 11.0. The Morgan fingerprint density at radius 3 is 2.83 bits per heavy atom. The van der Waals surface area contributed by atoms with E-state index in [2.05, 4.69) is 4.90 Å². The number of aliphatic hydroxyl groups excluding tert-OH is 1.